The maximum absolute atomic E-state index is 12.8. The predicted molar refractivity (Wildman–Crippen MR) is 126 cm³/mol. The summed E-state index contributed by atoms with van der Waals surface area (Å²) in [6.45, 7) is 4.03. The van der Waals surface area contributed by atoms with E-state index < -0.39 is 47.9 Å². The van der Waals surface area contributed by atoms with E-state index in [1.165, 1.54) is 11.8 Å². The number of carboxylic acids is 1. The summed E-state index contributed by atoms with van der Waals surface area (Å²) in [7, 11) is 0. The molecule has 0 saturated carbocycles. The minimum atomic E-state index is -1.16. The second kappa shape index (κ2) is 16.2. The molecule has 0 aromatic rings. The molecule has 0 bridgehead atoms. The highest BCUT2D eigenvalue weighted by atomic mass is 32.2. The van der Waals surface area contributed by atoms with Gasteiger partial charge in [0.05, 0.1) is 6.04 Å². The second-order valence-corrected chi connectivity index (χ2v) is 8.89. The van der Waals surface area contributed by atoms with Crippen molar-refractivity contribution in [2.24, 2.45) is 17.4 Å². The zero-order chi connectivity index (χ0) is 24.0. The van der Waals surface area contributed by atoms with Gasteiger partial charge in [0, 0.05) is 5.75 Å². The maximum Gasteiger partial charge on any atom is 0.326 e. The van der Waals surface area contributed by atoms with E-state index in [1.54, 1.807) is 13.8 Å². The van der Waals surface area contributed by atoms with E-state index in [1.807, 2.05) is 6.26 Å². The zero-order valence-electron chi connectivity index (χ0n) is 18.4. The van der Waals surface area contributed by atoms with Gasteiger partial charge in [0.1, 0.15) is 18.1 Å². The van der Waals surface area contributed by atoms with Crippen molar-refractivity contribution in [3.63, 3.8) is 0 Å². The number of amides is 3. The van der Waals surface area contributed by atoms with Crippen molar-refractivity contribution in [1.29, 1.82) is 0 Å². The number of nitrogens with two attached hydrogens (primary N) is 2. The lowest BCUT2D eigenvalue weighted by molar-refractivity contribution is -0.142. The number of carbonyl (C=O) groups excluding carboxylic acids is 3. The van der Waals surface area contributed by atoms with Gasteiger partial charge in [0.15, 0.2) is 0 Å². The summed E-state index contributed by atoms with van der Waals surface area (Å²) in [5.74, 6) is -2.36. The molecule has 0 aliphatic rings. The van der Waals surface area contributed by atoms with Gasteiger partial charge in [0.2, 0.25) is 17.7 Å². The third kappa shape index (κ3) is 11.6. The number of carboxylic acid groups (broad SMARTS) is 1. The summed E-state index contributed by atoms with van der Waals surface area (Å²) in [6, 6.07) is -3.79. The summed E-state index contributed by atoms with van der Waals surface area (Å²) >= 11 is 5.62. The van der Waals surface area contributed by atoms with Crippen LogP contribution in [0, 0.1) is 5.92 Å². The molecule has 0 heterocycles. The van der Waals surface area contributed by atoms with Crippen LogP contribution >= 0.6 is 24.4 Å². The van der Waals surface area contributed by atoms with Gasteiger partial charge in [-0.05, 0) is 50.2 Å². The Kier molecular flexibility index (Phi) is 15.4. The normalized spacial score (nSPS) is 14.9. The summed E-state index contributed by atoms with van der Waals surface area (Å²) in [4.78, 5) is 49.0. The Morgan fingerprint density at radius 2 is 1.48 bits per heavy atom. The van der Waals surface area contributed by atoms with Crippen LogP contribution in [0.2, 0.25) is 0 Å². The van der Waals surface area contributed by atoms with E-state index in [9.17, 15) is 24.3 Å². The average Bonchev–Trinajstić information content (AvgIpc) is 2.72. The molecule has 4 atom stereocenters. The highest BCUT2D eigenvalue weighted by molar-refractivity contribution is 7.98. The Bertz CT molecular complexity index is 594. The van der Waals surface area contributed by atoms with Crippen LogP contribution in [-0.2, 0) is 19.2 Å². The molecule has 10 nitrogen and oxygen atoms in total. The van der Waals surface area contributed by atoms with Crippen LogP contribution < -0.4 is 27.4 Å². The smallest absolute Gasteiger partial charge is 0.326 e. The largest absolute Gasteiger partial charge is 0.480 e. The maximum atomic E-state index is 12.8. The Morgan fingerprint density at radius 3 is 1.97 bits per heavy atom. The van der Waals surface area contributed by atoms with Crippen molar-refractivity contribution >= 4 is 48.1 Å². The first kappa shape index (κ1) is 29.5. The Morgan fingerprint density at radius 1 is 0.935 bits per heavy atom. The third-order valence-corrected chi connectivity index (χ3v) is 5.65. The number of thiol groups is 1. The lowest BCUT2D eigenvalue weighted by atomic mass is 10.0. The van der Waals surface area contributed by atoms with Crippen molar-refractivity contribution < 1.29 is 24.3 Å². The van der Waals surface area contributed by atoms with Crippen molar-refractivity contribution in [2.75, 3.05) is 24.3 Å². The van der Waals surface area contributed by atoms with Gasteiger partial charge < -0.3 is 32.5 Å². The minimum absolute atomic E-state index is 0.0403. The molecule has 3 amide bonds. The van der Waals surface area contributed by atoms with Crippen LogP contribution in [-0.4, -0.2) is 77.3 Å². The molecule has 0 aliphatic heterocycles. The molecule has 180 valence electrons. The lowest BCUT2D eigenvalue weighted by Crippen LogP contribution is -2.58. The van der Waals surface area contributed by atoms with E-state index in [0.717, 1.165) is 0 Å². The Balaban J connectivity index is 5.13. The van der Waals surface area contributed by atoms with E-state index in [0.29, 0.717) is 31.6 Å². The number of aliphatic carboxylic acids is 1. The summed E-state index contributed by atoms with van der Waals surface area (Å²) < 4.78 is 0. The molecule has 4 unspecified atom stereocenters. The van der Waals surface area contributed by atoms with Crippen LogP contribution in [0.3, 0.4) is 0 Å². The molecule has 0 spiro atoms. The van der Waals surface area contributed by atoms with E-state index in [4.69, 9.17) is 11.5 Å². The number of nitrogens with one attached hydrogen (secondary N) is 3. The van der Waals surface area contributed by atoms with Gasteiger partial charge in [-0.2, -0.15) is 24.4 Å². The monoisotopic (exact) mass is 479 g/mol. The molecule has 31 heavy (non-hydrogen) atoms. The van der Waals surface area contributed by atoms with E-state index >= 15 is 0 Å². The molecule has 0 aromatic carbocycles. The Labute approximate surface area is 193 Å². The van der Waals surface area contributed by atoms with Gasteiger partial charge in [0.25, 0.3) is 0 Å². The van der Waals surface area contributed by atoms with Gasteiger partial charge >= 0.3 is 5.97 Å². The van der Waals surface area contributed by atoms with E-state index in [-0.39, 0.29) is 18.1 Å². The molecule has 0 saturated heterocycles. The molecule has 12 heteroatoms. The fourth-order valence-electron chi connectivity index (χ4n) is 2.56. The molecular weight excluding hydrogens is 442 g/mol. The molecule has 0 fully saturated rings. The first-order valence-corrected chi connectivity index (χ1v) is 12.3. The summed E-state index contributed by atoms with van der Waals surface area (Å²) in [6.07, 6.45) is 3.63. The van der Waals surface area contributed by atoms with E-state index in [2.05, 4.69) is 28.6 Å². The zero-order valence-corrected chi connectivity index (χ0v) is 20.1. The highest BCUT2D eigenvalue weighted by Crippen LogP contribution is 2.06. The predicted octanol–water partition coefficient (Wildman–Crippen LogP) is -0.679. The molecular formula is C19H37N5O5S2. The highest BCUT2D eigenvalue weighted by Gasteiger charge is 2.29. The standard InChI is InChI=1S/C19H37N5O5S2/c1-11(2)15(21)18(27)22-12(7-9-31-3)16(25)24-14(10-30)17(26)23-13(19(28)29)6-4-5-8-20/h11-15,30H,4-10,20-21H2,1-3H3,(H,22,27)(H,23,26)(H,24,25)(H,28,29). The molecule has 0 rings (SSSR count). The van der Waals surface area contributed by atoms with Crippen LogP contribution in [0.5, 0.6) is 0 Å². The first-order valence-electron chi connectivity index (χ1n) is 10.3. The fraction of sp³-hybridized carbons (Fsp3) is 0.789. The van der Waals surface area contributed by atoms with Crippen molar-refractivity contribution in [2.45, 2.75) is 63.7 Å². The molecule has 0 aromatic heterocycles. The van der Waals surface area contributed by atoms with Gasteiger partial charge in [-0.1, -0.05) is 13.8 Å². The second-order valence-electron chi connectivity index (χ2n) is 7.54. The van der Waals surface area contributed by atoms with Gasteiger partial charge in [-0.25, -0.2) is 4.79 Å². The number of unbranched alkanes of at least 4 members (excludes halogenated alkanes) is 1. The van der Waals surface area contributed by atoms with Crippen LogP contribution in [0.25, 0.3) is 0 Å². The summed E-state index contributed by atoms with van der Waals surface area (Å²) in [5, 5.41) is 17.0. The van der Waals surface area contributed by atoms with Gasteiger partial charge in [-0.15, -0.1) is 0 Å². The third-order valence-electron chi connectivity index (χ3n) is 4.64. The molecule has 0 radical (unpaired) electrons. The number of carbonyl (C=O) groups is 4. The number of rotatable bonds is 16. The van der Waals surface area contributed by atoms with Gasteiger partial charge in [-0.3, -0.25) is 14.4 Å². The summed E-state index contributed by atoms with van der Waals surface area (Å²) in [5.41, 5.74) is 11.3. The molecule has 0 aliphatic carbocycles. The lowest BCUT2D eigenvalue weighted by Gasteiger charge is -2.25. The first-order chi connectivity index (χ1) is 14.6. The van der Waals surface area contributed by atoms with Crippen LogP contribution in [0.15, 0.2) is 0 Å². The number of hydrogen-bond acceptors (Lipinski definition) is 8. The minimum Gasteiger partial charge on any atom is -0.480 e. The fourth-order valence-corrected chi connectivity index (χ4v) is 3.29. The van der Waals surface area contributed by atoms with Crippen molar-refractivity contribution in [1.82, 2.24) is 16.0 Å². The van der Waals surface area contributed by atoms with Crippen LogP contribution in [0.1, 0.15) is 39.5 Å². The van der Waals surface area contributed by atoms with Crippen LogP contribution in [0.4, 0.5) is 0 Å². The van der Waals surface area contributed by atoms with Crippen molar-refractivity contribution in [3.8, 4) is 0 Å². The van der Waals surface area contributed by atoms with Crippen molar-refractivity contribution in [3.05, 3.63) is 0 Å². The average molecular weight is 480 g/mol. The number of thioether (sulfide) groups is 1. The Hall–Kier alpha value is -1.50. The topological polar surface area (TPSA) is 177 Å². The number of hydrogen-bond donors (Lipinski definition) is 7. The SMILES string of the molecule is CSCCC(NC(=O)C(N)C(C)C)C(=O)NC(CS)C(=O)NC(CCCCN)C(=O)O. The molecule has 8 N–H and O–H groups in total. The quantitative estimate of drug-likeness (QED) is 0.112.